The van der Waals surface area contributed by atoms with E-state index >= 15 is 0 Å². The first-order valence-electron chi connectivity index (χ1n) is 9.58. The molecule has 1 aliphatic carbocycles. The zero-order valence-corrected chi connectivity index (χ0v) is 15.3. The maximum Gasteiger partial charge on any atom is 0.194 e. The highest BCUT2D eigenvalue weighted by Gasteiger charge is 2.32. The van der Waals surface area contributed by atoms with Gasteiger partial charge < -0.3 is 9.47 Å². The number of benzene rings is 2. The molecule has 0 N–H and O–H groups in total. The number of piperidine rings is 1. The third-order valence-electron chi connectivity index (χ3n) is 5.21. The van der Waals surface area contributed by atoms with Gasteiger partial charge >= 0.3 is 0 Å². The number of carbonyl (C=O) groups excluding carboxylic acids is 1. The molecule has 1 saturated heterocycles. The summed E-state index contributed by atoms with van der Waals surface area (Å²) in [6.45, 7) is 6.41. The van der Waals surface area contributed by atoms with Crippen LogP contribution in [0.2, 0.25) is 0 Å². The first-order valence-corrected chi connectivity index (χ1v) is 9.58. The summed E-state index contributed by atoms with van der Waals surface area (Å²) in [6.07, 6.45) is 3.89. The van der Waals surface area contributed by atoms with Crippen molar-refractivity contribution in [1.82, 2.24) is 4.90 Å². The lowest BCUT2D eigenvalue weighted by Crippen LogP contribution is -2.33. The van der Waals surface area contributed by atoms with Crippen molar-refractivity contribution in [3.05, 3.63) is 47.5 Å². The zero-order chi connectivity index (χ0) is 17.9. The molecule has 0 aromatic heterocycles. The Bertz CT molecular complexity index is 809. The smallest absolute Gasteiger partial charge is 0.194 e. The fourth-order valence-corrected chi connectivity index (χ4v) is 3.97. The van der Waals surface area contributed by atoms with Crippen LogP contribution in [-0.4, -0.2) is 43.5 Å². The Hall–Kier alpha value is -2.33. The van der Waals surface area contributed by atoms with E-state index in [-0.39, 0.29) is 5.78 Å². The largest absolute Gasteiger partial charge is 0.493 e. The predicted molar refractivity (Wildman–Crippen MR) is 102 cm³/mol. The lowest BCUT2D eigenvalue weighted by molar-refractivity contribution is 0.104. The van der Waals surface area contributed by atoms with Crippen LogP contribution in [0.15, 0.2) is 36.4 Å². The van der Waals surface area contributed by atoms with Crippen molar-refractivity contribution in [2.45, 2.75) is 26.2 Å². The molecule has 2 aromatic carbocycles. The summed E-state index contributed by atoms with van der Waals surface area (Å²) in [6, 6.07) is 11.4. The van der Waals surface area contributed by atoms with Gasteiger partial charge in [-0.2, -0.15) is 0 Å². The van der Waals surface area contributed by atoms with Crippen LogP contribution >= 0.6 is 0 Å². The van der Waals surface area contributed by atoms with Crippen LogP contribution in [0.5, 0.6) is 11.5 Å². The molecule has 0 unspecified atom stereocenters. The molecule has 1 aliphatic heterocycles. The molecule has 0 spiro atoms. The SMILES string of the molecule is CCOc1cccc2c1-c1c(OCCN3CCCCC3)cccc1C2=O. The number of ether oxygens (including phenoxy) is 2. The minimum absolute atomic E-state index is 0.0537. The van der Waals surface area contributed by atoms with Crippen LogP contribution in [0, 0.1) is 0 Å². The molecule has 0 bridgehead atoms. The van der Waals surface area contributed by atoms with Crippen LogP contribution in [0.1, 0.15) is 42.1 Å². The Morgan fingerprint density at radius 3 is 2.12 bits per heavy atom. The standard InChI is InChI=1S/C22H25NO3/c1-2-25-18-10-6-8-16-20(18)21-17(22(16)24)9-7-11-19(21)26-15-14-23-12-4-3-5-13-23/h6-11H,2-5,12-15H2,1H3. The van der Waals surface area contributed by atoms with E-state index in [0.717, 1.165) is 42.3 Å². The minimum Gasteiger partial charge on any atom is -0.493 e. The Kier molecular flexibility index (Phi) is 4.93. The molecule has 0 atom stereocenters. The van der Waals surface area contributed by atoms with E-state index in [4.69, 9.17) is 9.47 Å². The molecule has 0 radical (unpaired) electrons. The molecule has 2 aliphatic rings. The van der Waals surface area contributed by atoms with E-state index in [1.807, 2.05) is 43.3 Å². The molecule has 4 rings (SSSR count). The number of carbonyl (C=O) groups is 1. The molecular formula is C22H25NO3. The normalized spacial score (nSPS) is 16.3. The van der Waals surface area contributed by atoms with E-state index in [1.165, 1.54) is 19.3 Å². The molecular weight excluding hydrogens is 326 g/mol. The zero-order valence-electron chi connectivity index (χ0n) is 15.3. The first-order chi connectivity index (χ1) is 12.8. The number of rotatable bonds is 6. The second-order valence-corrected chi connectivity index (χ2v) is 6.87. The third kappa shape index (κ3) is 3.10. The average Bonchev–Trinajstić information content (AvgIpc) is 2.97. The van der Waals surface area contributed by atoms with E-state index in [1.54, 1.807) is 0 Å². The third-order valence-corrected chi connectivity index (χ3v) is 5.21. The maximum absolute atomic E-state index is 12.8. The summed E-state index contributed by atoms with van der Waals surface area (Å²) in [4.78, 5) is 15.3. The Morgan fingerprint density at radius 2 is 1.50 bits per heavy atom. The van der Waals surface area contributed by atoms with E-state index in [9.17, 15) is 4.79 Å². The molecule has 1 fully saturated rings. The van der Waals surface area contributed by atoms with E-state index < -0.39 is 0 Å². The average molecular weight is 351 g/mol. The van der Waals surface area contributed by atoms with Crippen molar-refractivity contribution >= 4 is 5.78 Å². The van der Waals surface area contributed by atoms with Gasteiger partial charge in [0, 0.05) is 28.8 Å². The summed E-state index contributed by atoms with van der Waals surface area (Å²) in [5.74, 6) is 1.58. The van der Waals surface area contributed by atoms with Crippen LogP contribution < -0.4 is 9.47 Å². The van der Waals surface area contributed by atoms with Crippen molar-refractivity contribution in [3.63, 3.8) is 0 Å². The summed E-state index contributed by atoms with van der Waals surface area (Å²) in [7, 11) is 0. The molecule has 26 heavy (non-hydrogen) atoms. The fourth-order valence-electron chi connectivity index (χ4n) is 3.97. The molecule has 1 heterocycles. The van der Waals surface area contributed by atoms with E-state index in [0.29, 0.717) is 24.3 Å². The molecule has 2 aromatic rings. The van der Waals surface area contributed by atoms with Gasteiger partial charge in [-0.1, -0.05) is 30.7 Å². The summed E-state index contributed by atoms with van der Waals surface area (Å²) in [5, 5.41) is 0. The highest BCUT2D eigenvalue weighted by molar-refractivity contribution is 6.23. The number of hydrogen-bond donors (Lipinski definition) is 0. The van der Waals surface area contributed by atoms with Crippen LogP contribution in [-0.2, 0) is 0 Å². The van der Waals surface area contributed by atoms with Crippen molar-refractivity contribution < 1.29 is 14.3 Å². The molecule has 4 heteroatoms. The predicted octanol–water partition coefficient (Wildman–Crippen LogP) is 4.16. The van der Waals surface area contributed by atoms with Crippen LogP contribution in [0.3, 0.4) is 0 Å². The summed E-state index contributed by atoms with van der Waals surface area (Å²) >= 11 is 0. The first kappa shape index (κ1) is 17.1. The van der Waals surface area contributed by atoms with Gasteiger partial charge in [0.1, 0.15) is 18.1 Å². The number of nitrogens with zero attached hydrogens (tertiary/aromatic N) is 1. The van der Waals surface area contributed by atoms with E-state index in [2.05, 4.69) is 4.90 Å². The maximum atomic E-state index is 12.8. The Morgan fingerprint density at radius 1 is 0.885 bits per heavy atom. The monoisotopic (exact) mass is 351 g/mol. The molecule has 0 amide bonds. The highest BCUT2D eigenvalue weighted by Crippen LogP contribution is 2.47. The number of likely N-dealkylation sites (tertiary alicyclic amines) is 1. The fraction of sp³-hybridized carbons (Fsp3) is 0.409. The number of hydrogen-bond acceptors (Lipinski definition) is 4. The van der Waals surface area contributed by atoms with Gasteiger partial charge in [-0.05, 0) is 45.0 Å². The van der Waals surface area contributed by atoms with Gasteiger partial charge in [0.15, 0.2) is 5.78 Å². The summed E-state index contributed by atoms with van der Waals surface area (Å²) < 4.78 is 11.9. The molecule has 4 nitrogen and oxygen atoms in total. The summed E-state index contributed by atoms with van der Waals surface area (Å²) in [5.41, 5.74) is 3.18. The van der Waals surface area contributed by atoms with Gasteiger partial charge in [0.05, 0.1) is 6.61 Å². The van der Waals surface area contributed by atoms with Crippen molar-refractivity contribution in [3.8, 4) is 22.6 Å². The second-order valence-electron chi connectivity index (χ2n) is 6.87. The van der Waals surface area contributed by atoms with Gasteiger partial charge in [0.25, 0.3) is 0 Å². The topological polar surface area (TPSA) is 38.8 Å². The van der Waals surface area contributed by atoms with Gasteiger partial charge in [-0.15, -0.1) is 0 Å². The Balaban J connectivity index is 1.61. The number of fused-ring (bicyclic) bond motifs is 3. The quantitative estimate of drug-likeness (QED) is 0.668. The second kappa shape index (κ2) is 7.50. The molecule has 136 valence electrons. The molecule has 0 saturated carbocycles. The Labute approximate surface area is 154 Å². The highest BCUT2D eigenvalue weighted by atomic mass is 16.5. The van der Waals surface area contributed by atoms with Crippen LogP contribution in [0.4, 0.5) is 0 Å². The van der Waals surface area contributed by atoms with Gasteiger partial charge in [-0.25, -0.2) is 0 Å². The van der Waals surface area contributed by atoms with Gasteiger partial charge in [-0.3, -0.25) is 9.69 Å². The van der Waals surface area contributed by atoms with Crippen molar-refractivity contribution in [2.75, 3.05) is 32.8 Å². The number of ketones is 1. The van der Waals surface area contributed by atoms with Crippen molar-refractivity contribution in [1.29, 1.82) is 0 Å². The van der Waals surface area contributed by atoms with Gasteiger partial charge in [0.2, 0.25) is 0 Å². The lowest BCUT2D eigenvalue weighted by Gasteiger charge is -2.26. The minimum atomic E-state index is 0.0537. The van der Waals surface area contributed by atoms with Crippen molar-refractivity contribution in [2.24, 2.45) is 0 Å². The van der Waals surface area contributed by atoms with Crippen LogP contribution in [0.25, 0.3) is 11.1 Å². The lowest BCUT2D eigenvalue weighted by atomic mass is 10.0.